The van der Waals surface area contributed by atoms with Gasteiger partial charge in [-0.2, -0.15) is 0 Å². The number of hydrogen-bond acceptors (Lipinski definition) is 5. The van der Waals surface area contributed by atoms with E-state index in [1.807, 2.05) is 52.0 Å². The Bertz CT molecular complexity index is 1390. The van der Waals surface area contributed by atoms with Crippen LogP contribution in [-0.4, -0.2) is 50.9 Å². The summed E-state index contributed by atoms with van der Waals surface area (Å²) in [5, 5.41) is 2.85. The monoisotopic (exact) mass is 551 g/mol. The number of hydrogen-bond donors (Lipinski definition) is 1. The number of nitrogens with zero attached hydrogens (tertiary/aromatic N) is 2. The number of carbonyl (C=O) groups is 2. The van der Waals surface area contributed by atoms with Crippen LogP contribution in [0.5, 0.6) is 5.75 Å². The van der Waals surface area contributed by atoms with E-state index in [2.05, 4.69) is 5.32 Å². The zero-order valence-corrected chi connectivity index (χ0v) is 24.2. The highest BCUT2D eigenvalue weighted by Gasteiger charge is 2.32. The molecule has 0 fully saturated rings. The SMILES string of the molecule is COc1cccc(N(CC(=O)N(Cc2ccc(C)cc2)[C@@H](C)C(=O)NC(C)C)S(=O)(=O)c2ccc(C)cc2)c1. The van der Waals surface area contributed by atoms with Crippen molar-refractivity contribution in [2.45, 2.75) is 58.1 Å². The summed E-state index contributed by atoms with van der Waals surface area (Å²) < 4.78 is 34.1. The quantitative estimate of drug-likeness (QED) is 0.380. The predicted molar refractivity (Wildman–Crippen MR) is 153 cm³/mol. The number of anilines is 1. The molecule has 0 aliphatic rings. The van der Waals surface area contributed by atoms with Crippen LogP contribution in [0.4, 0.5) is 5.69 Å². The number of aryl methyl sites for hydroxylation is 2. The number of carbonyl (C=O) groups excluding carboxylic acids is 2. The van der Waals surface area contributed by atoms with Gasteiger partial charge in [0.15, 0.2) is 0 Å². The van der Waals surface area contributed by atoms with Gasteiger partial charge in [-0.15, -0.1) is 0 Å². The van der Waals surface area contributed by atoms with E-state index >= 15 is 0 Å². The second-order valence-electron chi connectivity index (χ2n) is 9.87. The number of methoxy groups -OCH3 is 1. The lowest BCUT2D eigenvalue weighted by Gasteiger charge is -2.32. The maximum Gasteiger partial charge on any atom is 0.264 e. The molecule has 208 valence electrons. The molecule has 0 aliphatic carbocycles. The fourth-order valence-electron chi connectivity index (χ4n) is 4.01. The second kappa shape index (κ2) is 12.8. The number of sulfonamides is 1. The molecule has 0 unspecified atom stereocenters. The van der Waals surface area contributed by atoms with Gasteiger partial charge in [0.05, 0.1) is 17.7 Å². The Balaban J connectivity index is 2.04. The molecule has 0 aromatic heterocycles. The van der Waals surface area contributed by atoms with Gasteiger partial charge in [-0.25, -0.2) is 8.42 Å². The number of ether oxygens (including phenoxy) is 1. The van der Waals surface area contributed by atoms with Gasteiger partial charge < -0.3 is 15.0 Å². The van der Waals surface area contributed by atoms with E-state index in [0.717, 1.165) is 21.0 Å². The minimum absolute atomic E-state index is 0.0550. The zero-order valence-electron chi connectivity index (χ0n) is 23.3. The molecule has 0 bridgehead atoms. The summed E-state index contributed by atoms with van der Waals surface area (Å²) in [5.41, 5.74) is 3.08. The maximum absolute atomic E-state index is 13.9. The second-order valence-corrected chi connectivity index (χ2v) is 11.7. The summed E-state index contributed by atoms with van der Waals surface area (Å²) in [6.45, 7) is 8.80. The Hall–Kier alpha value is -3.85. The minimum atomic E-state index is -4.14. The number of nitrogens with one attached hydrogen (secondary N) is 1. The fourth-order valence-corrected chi connectivity index (χ4v) is 5.42. The average Bonchev–Trinajstić information content (AvgIpc) is 2.90. The first-order valence-corrected chi connectivity index (χ1v) is 14.2. The highest BCUT2D eigenvalue weighted by Crippen LogP contribution is 2.28. The Morgan fingerprint density at radius 1 is 0.897 bits per heavy atom. The van der Waals surface area contributed by atoms with E-state index in [4.69, 9.17) is 4.74 Å². The Labute approximate surface area is 231 Å². The van der Waals surface area contributed by atoms with E-state index in [0.29, 0.717) is 5.75 Å². The van der Waals surface area contributed by atoms with Gasteiger partial charge in [0, 0.05) is 18.7 Å². The average molecular weight is 552 g/mol. The minimum Gasteiger partial charge on any atom is -0.497 e. The van der Waals surface area contributed by atoms with E-state index in [1.165, 1.54) is 24.1 Å². The molecule has 39 heavy (non-hydrogen) atoms. The van der Waals surface area contributed by atoms with Crippen LogP contribution >= 0.6 is 0 Å². The Morgan fingerprint density at radius 2 is 1.49 bits per heavy atom. The molecule has 1 N–H and O–H groups in total. The normalized spacial score (nSPS) is 12.1. The third kappa shape index (κ3) is 7.60. The third-order valence-corrected chi connectivity index (χ3v) is 8.09. The first-order valence-electron chi connectivity index (χ1n) is 12.8. The summed E-state index contributed by atoms with van der Waals surface area (Å²) in [7, 11) is -2.65. The van der Waals surface area contributed by atoms with Crippen molar-refractivity contribution < 1.29 is 22.7 Å². The molecular weight excluding hydrogens is 514 g/mol. The largest absolute Gasteiger partial charge is 0.497 e. The van der Waals surface area contributed by atoms with Crippen molar-refractivity contribution in [2.75, 3.05) is 18.0 Å². The van der Waals surface area contributed by atoms with Crippen molar-refractivity contribution in [3.05, 3.63) is 89.5 Å². The van der Waals surface area contributed by atoms with E-state index < -0.39 is 28.5 Å². The van der Waals surface area contributed by atoms with Gasteiger partial charge in [0.2, 0.25) is 11.8 Å². The van der Waals surface area contributed by atoms with Crippen molar-refractivity contribution in [1.29, 1.82) is 0 Å². The lowest BCUT2D eigenvalue weighted by atomic mass is 10.1. The van der Waals surface area contributed by atoms with Gasteiger partial charge in [0.25, 0.3) is 10.0 Å². The highest BCUT2D eigenvalue weighted by atomic mass is 32.2. The lowest BCUT2D eigenvalue weighted by molar-refractivity contribution is -0.139. The predicted octanol–water partition coefficient (Wildman–Crippen LogP) is 4.45. The van der Waals surface area contributed by atoms with Gasteiger partial charge in [-0.05, 0) is 64.4 Å². The Kier molecular flexibility index (Phi) is 9.75. The van der Waals surface area contributed by atoms with Crippen LogP contribution in [-0.2, 0) is 26.2 Å². The fraction of sp³-hybridized carbons (Fsp3) is 0.333. The molecular formula is C30H37N3O5S. The molecule has 9 heteroatoms. The molecule has 0 saturated carbocycles. The van der Waals surface area contributed by atoms with Crippen LogP contribution < -0.4 is 14.4 Å². The zero-order chi connectivity index (χ0) is 28.7. The molecule has 8 nitrogen and oxygen atoms in total. The Morgan fingerprint density at radius 3 is 2.05 bits per heavy atom. The van der Waals surface area contributed by atoms with Crippen LogP contribution in [0, 0.1) is 13.8 Å². The highest BCUT2D eigenvalue weighted by molar-refractivity contribution is 7.92. The first-order chi connectivity index (χ1) is 18.4. The summed E-state index contributed by atoms with van der Waals surface area (Å²) in [4.78, 5) is 28.4. The van der Waals surface area contributed by atoms with Crippen molar-refractivity contribution in [2.24, 2.45) is 0 Å². The maximum atomic E-state index is 13.9. The third-order valence-electron chi connectivity index (χ3n) is 6.30. The standard InChI is InChI=1S/C30H37N3O5S/c1-21(2)31-30(35)24(5)32(19-25-14-10-22(3)11-15-25)29(34)20-33(26-8-7-9-27(18-26)38-6)39(36,37)28-16-12-23(4)13-17-28/h7-18,21,24H,19-20H2,1-6H3,(H,31,35)/t24-/m0/s1. The van der Waals surface area contributed by atoms with Crippen molar-refractivity contribution >= 4 is 27.5 Å². The van der Waals surface area contributed by atoms with E-state index in [9.17, 15) is 18.0 Å². The molecule has 0 aliphatic heterocycles. The van der Waals surface area contributed by atoms with Crippen LogP contribution in [0.2, 0.25) is 0 Å². The van der Waals surface area contributed by atoms with Crippen LogP contribution in [0.3, 0.4) is 0 Å². The van der Waals surface area contributed by atoms with Crippen molar-refractivity contribution in [1.82, 2.24) is 10.2 Å². The van der Waals surface area contributed by atoms with Crippen molar-refractivity contribution in [3.63, 3.8) is 0 Å². The number of benzene rings is 3. The van der Waals surface area contributed by atoms with Crippen LogP contribution in [0.25, 0.3) is 0 Å². The van der Waals surface area contributed by atoms with Gasteiger partial charge in [-0.3, -0.25) is 13.9 Å². The van der Waals surface area contributed by atoms with Gasteiger partial charge in [-0.1, -0.05) is 53.6 Å². The first kappa shape index (κ1) is 29.7. The molecule has 1 atom stereocenters. The van der Waals surface area contributed by atoms with Crippen LogP contribution in [0.15, 0.2) is 77.7 Å². The molecule has 0 radical (unpaired) electrons. The summed E-state index contributed by atoms with van der Waals surface area (Å²) in [6.07, 6.45) is 0. The summed E-state index contributed by atoms with van der Waals surface area (Å²) in [6, 6.07) is 19.7. The van der Waals surface area contributed by atoms with E-state index in [1.54, 1.807) is 43.3 Å². The number of amides is 2. The molecule has 2 amide bonds. The summed E-state index contributed by atoms with van der Waals surface area (Å²) >= 11 is 0. The van der Waals surface area contributed by atoms with Crippen molar-refractivity contribution in [3.8, 4) is 5.75 Å². The lowest BCUT2D eigenvalue weighted by Crippen LogP contribution is -2.52. The van der Waals surface area contributed by atoms with Crippen LogP contribution in [0.1, 0.15) is 37.5 Å². The van der Waals surface area contributed by atoms with Gasteiger partial charge in [0.1, 0.15) is 18.3 Å². The topological polar surface area (TPSA) is 96.0 Å². The molecule has 3 rings (SSSR count). The smallest absolute Gasteiger partial charge is 0.264 e. The summed E-state index contributed by atoms with van der Waals surface area (Å²) in [5.74, 6) is -0.384. The molecule has 0 heterocycles. The van der Waals surface area contributed by atoms with Gasteiger partial charge >= 0.3 is 0 Å². The molecule has 0 spiro atoms. The number of rotatable bonds is 11. The molecule has 3 aromatic carbocycles. The van der Waals surface area contributed by atoms with E-state index in [-0.39, 0.29) is 29.1 Å². The molecule has 3 aromatic rings. The molecule has 0 saturated heterocycles.